The fourth-order valence-corrected chi connectivity index (χ4v) is 4.18. The molecule has 2 aromatic heterocycles. The lowest BCUT2D eigenvalue weighted by atomic mass is 9.94. The van der Waals surface area contributed by atoms with Crippen molar-refractivity contribution >= 4 is 22.2 Å². The Morgan fingerprint density at radius 1 is 0.667 bits per heavy atom. The van der Waals surface area contributed by atoms with E-state index in [2.05, 4.69) is 119 Å². The molecule has 0 unspecified atom stereocenters. The van der Waals surface area contributed by atoms with Gasteiger partial charge in [0.1, 0.15) is 19.9 Å². The molecule has 148 valence electrons. The van der Waals surface area contributed by atoms with Crippen LogP contribution in [0.4, 0.5) is 0 Å². The molecule has 1 aliphatic heterocycles. The van der Waals surface area contributed by atoms with Crippen LogP contribution in [0.15, 0.2) is 85.5 Å². The molecule has 0 saturated carbocycles. The first kappa shape index (κ1) is 18.4. The summed E-state index contributed by atoms with van der Waals surface area (Å²) >= 11 is 0. The highest BCUT2D eigenvalue weighted by Gasteiger charge is 2.13. The fourth-order valence-electron chi connectivity index (χ4n) is 4.18. The van der Waals surface area contributed by atoms with Crippen molar-refractivity contribution in [3.8, 4) is 0 Å². The molecular weight excluding hydrogens is 368 g/mol. The van der Waals surface area contributed by atoms with Gasteiger partial charge in [0.25, 0.3) is 0 Å². The average molecular weight is 395 g/mol. The molecule has 1 aliphatic rings. The van der Waals surface area contributed by atoms with Crippen molar-refractivity contribution in [2.24, 2.45) is 14.1 Å². The van der Waals surface area contributed by atoms with Crippen molar-refractivity contribution in [3.05, 3.63) is 107 Å². The fraction of sp³-hybridized carbons (Fsp3) is 0.154. The van der Waals surface area contributed by atoms with Crippen LogP contribution in [-0.2, 0) is 14.1 Å². The molecule has 0 bridgehead atoms. The predicted molar refractivity (Wildman–Crippen MR) is 119 cm³/mol. The van der Waals surface area contributed by atoms with Gasteiger partial charge in [-0.05, 0) is 32.7 Å². The van der Waals surface area contributed by atoms with Gasteiger partial charge in [-0.15, -0.1) is 0 Å². The van der Waals surface area contributed by atoms with Gasteiger partial charge in [-0.2, -0.15) is 0 Å². The highest BCUT2D eigenvalue weighted by atomic mass is 15.2. The van der Waals surface area contributed by atoms with Crippen LogP contribution in [0.25, 0.3) is 22.2 Å². The molecule has 4 nitrogen and oxygen atoms in total. The second-order valence-electron chi connectivity index (χ2n) is 7.81. The van der Waals surface area contributed by atoms with Gasteiger partial charge in [0.2, 0.25) is 0 Å². The Morgan fingerprint density at radius 2 is 1.20 bits per heavy atom. The minimum Gasteiger partial charge on any atom is -0.370 e. The largest absolute Gasteiger partial charge is 0.370 e. The highest BCUT2D eigenvalue weighted by molar-refractivity contribution is 5.91. The third kappa shape index (κ3) is 3.30. The van der Waals surface area contributed by atoms with Crippen LogP contribution in [0, 0.1) is 0 Å². The maximum atomic E-state index is 3.48. The maximum absolute atomic E-state index is 3.48. The van der Waals surface area contributed by atoms with E-state index >= 15 is 0 Å². The van der Waals surface area contributed by atoms with Crippen molar-refractivity contribution in [2.45, 2.75) is 0 Å². The number of pyridine rings is 2. The lowest BCUT2D eigenvalue weighted by molar-refractivity contribution is -0.671. The Hall–Kier alpha value is -3.66. The molecule has 0 amide bonds. The van der Waals surface area contributed by atoms with Crippen molar-refractivity contribution in [3.63, 3.8) is 0 Å². The Labute approximate surface area is 176 Å². The maximum Gasteiger partial charge on any atom is 0.169 e. The summed E-state index contributed by atoms with van der Waals surface area (Å²) in [6.07, 6.45) is 8.43. The van der Waals surface area contributed by atoms with Crippen LogP contribution >= 0.6 is 0 Å². The number of hydrogen-bond acceptors (Lipinski definition) is 2. The number of rotatable bonds is 2. The summed E-state index contributed by atoms with van der Waals surface area (Å²) in [4.78, 5) is 0. The van der Waals surface area contributed by atoms with Crippen LogP contribution in [0.3, 0.4) is 0 Å². The van der Waals surface area contributed by atoms with E-state index in [0.717, 1.165) is 18.9 Å². The molecule has 2 N–H and O–H groups in total. The summed E-state index contributed by atoms with van der Waals surface area (Å²) in [6.45, 7) is 1.93. The van der Waals surface area contributed by atoms with Crippen LogP contribution < -0.4 is 30.2 Å². The summed E-state index contributed by atoms with van der Waals surface area (Å²) in [5, 5.41) is 12.0. The summed E-state index contributed by atoms with van der Waals surface area (Å²) in [5.41, 5.74) is 3.67. The summed E-state index contributed by atoms with van der Waals surface area (Å²) in [6, 6.07) is 22.0. The molecule has 3 heterocycles. The van der Waals surface area contributed by atoms with Gasteiger partial charge < -0.3 is 10.6 Å². The lowest BCUT2D eigenvalue weighted by Crippen LogP contribution is -2.27. The second kappa shape index (κ2) is 7.64. The van der Waals surface area contributed by atoms with Gasteiger partial charge in [0, 0.05) is 42.6 Å². The van der Waals surface area contributed by atoms with Gasteiger partial charge in [-0.3, -0.25) is 0 Å². The first-order valence-electron chi connectivity index (χ1n) is 10.4. The van der Waals surface area contributed by atoms with Gasteiger partial charge in [-0.1, -0.05) is 36.4 Å². The number of benzene rings is 2. The second-order valence-corrected chi connectivity index (χ2v) is 7.81. The normalized spacial score (nSPS) is 13.2. The molecule has 1 saturated heterocycles. The predicted octanol–water partition coefficient (Wildman–Crippen LogP) is 0.995. The highest BCUT2D eigenvalue weighted by Crippen LogP contribution is 2.20. The van der Waals surface area contributed by atoms with Crippen molar-refractivity contribution < 1.29 is 9.13 Å². The van der Waals surface area contributed by atoms with E-state index in [0.29, 0.717) is 0 Å². The van der Waals surface area contributed by atoms with Gasteiger partial charge in [0.05, 0.1) is 0 Å². The van der Waals surface area contributed by atoms with Crippen LogP contribution in [0.1, 0.15) is 11.1 Å². The number of nitrogens with one attached hydrogen (secondary N) is 2. The van der Waals surface area contributed by atoms with Crippen molar-refractivity contribution in [2.75, 3.05) is 13.1 Å². The van der Waals surface area contributed by atoms with Crippen LogP contribution in [0.2, 0.25) is 0 Å². The molecule has 4 aromatic rings. The zero-order valence-corrected chi connectivity index (χ0v) is 17.4. The minimum atomic E-state index is 0.963. The smallest absolute Gasteiger partial charge is 0.169 e. The molecule has 0 radical (unpaired) electrons. The van der Waals surface area contributed by atoms with Crippen LogP contribution in [-0.4, -0.2) is 13.1 Å². The number of aryl methyl sites for hydroxylation is 2. The zero-order valence-electron chi connectivity index (χ0n) is 17.4. The van der Waals surface area contributed by atoms with E-state index in [9.17, 15) is 0 Å². The van der Waals surface area contributed by atoms with Crippen molar-refractivity contribution in [1.29, 1.82) is 0 Å². The van der Waals surface area contributed by atoms with E-state index in [4.69, 9.17) is 0 Å². The third-order valence-corrected chi connectivity index (χ3v) is 5.73. The molecular formula is C26H26N4+2. The Kier molecular flexibility index (Phi) is 4.68. The van der Waals surface area contributed by atoms with Gasteiger partial charge >= 0.3 is 0 Å². The van der Waals surface area contributed by atoms with E-state index in [1.165, 1.54) is 37.9 Å². The molecule has 0 aliphatic carbocycles. The quantitative estimate of drug-likeness (QED) is 0.497. The van der Waals surface area contributed by atoms with Crippen molar-refractivity contribution in [1.82, 2.24) is 10.6 Å². The Balaban J connectivity index is 1.91. The monoisotopic (exact) mass is 394 g/mol. The molecule has 4 heteroatoms. The van der Waals surface area contributed by atoms with E-state index in [-0.39, 0.29) is 0 Å². The molecule has 0 atom stereocenters. The van der Waals surface area contributed by atoms with Gasteiger partial charge in [-0.25, -0.2) is 9.13 Å². The third-order valence-electron chi connectivity index (χ3n) is 5.73. The number of fused-ring (bicyclic) bond motifs is 1. The topological polar surface area (TPSA) is 31.8 Å². The molecule has 1 fully saturated rings. The lowest BCUT2D eigenvalue weighted by Gasteiger charge is -2.11. The SMILES string of the molecule is C[n+]1ccc(C(c2cc[n+](C)cc2)=c2ccc(=C3NCCN3)c3ccccc23)cc1. The molecule has 2 aromatic carbocycles. The molecule has 0 spiro atoms. The Bertz CT molecular complexity index is 1280. The first-order valence-corrected chi connectivity index (χ1v) is 10.4. The number of hydrogen-bond donors (Lipinski definition) is 2. The minimum absolute atomic E-state index is 0.963. The summed E-state index contributed by atoms with van der Waals surface area (Å²) < 4.78 is 4.14. The standard InChI is InChI=1S/C26H25N4/c1-29-15-9-19(10-16-29)25(20-11-17-30(2)18-12-20)23-7-8-24(26-27-13-14-28-26)22-6-4-3-5-21(22)23/h3-12,15-18H,13-14H2,1-2H3,(H,27,28)/q+1/p+1. The summed E-state index contributed by atoms with van der Waals surface area (Å²) in [5.74, 6) is 1.12. The van der Waals surface area contributed by atoms with E-state index in [1.807, 2.05) is 0 Å². The summed E-state index contributed by atoms with van der Waals surface area (Å²) in [7, 11) is 4.10. The zero-order chi connectivity index (χ0) is 20.5. The molecule has 30 heavy (non-hydrogen) atoms. The van der Waals surface area contributed by atoms with Gasteiger partial charge in [0.15, 0.2) is 24.8 Å². The first-order chi connectivity index (χ1) is 14.7. The molecule has 5 rings (SSSR count). The van der Waals surface area contributed by atoms with Crippen LogP contribution in [0.5, 0.6) is 0 Å². The Morgan fingerprint density at radius 3 is 1.77 bits per heavy atom. The average Bonchev–Trinajstić information content (AvgIpc) is 3.31. The van der Waals surface area contributed by atoms with E-state index < -0.39 is 0 Å². The van der Waals surface area contributed by atoms with E-state index in [1.54, 1.807) is 0 Å². The number of nitrogens with zero attached hydrogens (tertiary/aromatic N) is 2. The number of aromatic nitrogens is 2.